The molecule has 0 N–H and O–H groups in total. The Labute approximate surface area is 156 Å². The average molecular weight is 363 g/mol. The van der Waals surface area contributed by atoms with E-state index in [4.69, 9.17) is 26.1 Å². The summed E-state index contributed by atoms with van der Waals surface area (Å²) in [5.41, 5.74) is 5.45. The number of nitrogens with zero attached hydrogens (tertiary/aromatic N) is 2. The molecule has 0 spiro atoms. The van der Waals surface area contributed by atoms with Gasteiger partial charge < -0.3 is 9.47 Å². The minimum Gasteiger partial charge on any atom is -0.485 e. The molecular formula is C21H15ClN2O2. The van der Waals surface area contributed by atoms with Crippen molar-refractivity contribution < 1.29 is 9.47 Å². The first-order valence-electron chi connectivity index (χ1n) is 8.46. The minimum atomic E-state index is -0.197. The van der Waals surface area contributed by atoms with Gasteiger partial charge in [-0.3, -0.25) is 9.98 Å². The van der Waals surface area contributed by atoms with E-state index in [0.29, 0.717) is 17.4 Å². The maximum atomic E-state index is 6.09. The van der Waals surface area contributed by atoms with E-state index in [2.05, 4.69) is 23.2 Å². The van der Waals surface area contributed by atoms with Gasteiger partial charge in [0.1, 0.15) is 6.61 Å². The van der Waals surface area contributed by atoms with Crippen LogP contribution in [0.15, 0.2) is 65.9 Å². The molecular weight excluding hydrogens is 348 g/mol. The summed E-state index contributed by atoms with van der Waals surface area (Å²) in [5.74, 6) is 1.40. The fraction of sp³-hybridized carbons (Fsp3) is 0.143. The van der Waals surface area contributed by atoms with Crippen LogP contribution in [0, 0.1) is 0 Å². The lowest BCUT2D eigenvalue weighted by atomic mass is 10.0. The second-order valence-corrected chi connectivity index (χ2v) is 6.80. The molecule has 0 bridgehead atoms. The minimum absolute atomic E-state index is 0.197. The lowest BCUT2D eigenvalue weighted by Gasteiger charge is -2.26. The van der Waals surface area contributed by atoms with Crippen LogP contribution in [0.2, 0.25) is 5.02 Å². The van der Waals surface area contributed by atoms with Crippen molar-refractivity contribution in [2.24, 2.45) is 4.99 Å². The quantitative estimate of drug-likeness (QED) is 0.653. The summed E-state index contributed by atoms with van der Waals surface area (Å²) in [6, 6.07) is 15.8. The molecule has 2 aliphatic heterocycles. The molecule has 0 saturated carbocycles. The number of fused-ring (bicyclic) bond motifs is 2. The third kappa shape index (κ3) is 2.72. The summed E-state index contributed by atoms with van der Waals surface area (Å²) < 4.78 is 11.9. The van der Waals surface area contributed by atoms with Gasteiger partial charge in [-0.2, -0.15) is 0 Å². The van der Waals surface area contributed by atoms with Crippen LogP contribution in [0.1, 0.15) is 5.56 Å². The zero-order valence-corrected chi connectivity index (χ0v) is 14.6. The number of pyridine rings is 1. The lowest BCUT2D eigenvalue weighted by molar-refractivity contribution is 0.134. The zero-order chi connectivity index (χ0) is 17.5. The molecule has 0 saturated heterocycles. The van der Waals surface area contributed by atoms with Gasteiger partial charge in [0, 0.05) is 29.9 Å². The predicted octanol–water partition coefficient (Wildman–Crippen LogP) is 4.87. The van der Waals surface area contributed by atoms with E-state index >= 15 is 0 Å². The average Bonchev–Trinajstić information content (AvgIpc) is 3.11. The number of benzene rings is 2. The van der Waals surface area contributed by atoms with Crippen molar-refractivity contribution in [1.82, 2.24) is 4.98 Å². The molecule has 2 aromatic carbocycles. The van der Waals surface area contributed by atoms with E-state index in [1.807, 2.05) is 18.2 Å². The molecule has 1 aromatic heterocycles. The van der Waals surface area contributed by atoms with Crippen molar-refractivity contribution in [3.05, 3.63) is 71.5 Å². The largest absolute Gasteiger partial charge is 0.485 e. The predicted molar refractivity (Wildman–Crippen MR) is 102 cm³/mol. The fourth-order valence-corrected chi connectivity index (χ4v) is 3.49. The van der Waals surface area contributed by atoms with Crippen LogP contribution in [0.5, 0.6) is 11.5 Å². The third-order valence-corrected chi connectivity index (χ3v) is 4.91. The van der Waals surface area contributed by atoms with Crippen molar-refractivity contribution in [2.45, 2.75) is 12.5 Å². The number of hydrogen-bond acceptors (Lipinski definition) is 4. The Morgan fingerprint density at radius 3 is 2.69 bits per heavy atom. The summed E-state index contributed by atoms with van der Waals surface area (Å²) in [6.45, 7) is 0.457. The molecule has 4 nitrogen and oxygen atoms in total. The Kier molecular flexibility index (Phi) is 3.64. The number of aliphatic imine (C=N–C) groups is 1. The summed E-state index contributed by atoms with van der Waals surface area (Å²) in [4.78, 5) is 8.89. The first kappa shape index (κ1) is 15.4. The molecule has 1 unspecified atom stereocenters. The van der Waals surface area contributed by atoms with Crippen LogP contribution in [-0.2, 0) is 6.42 Å². The monoisotopic (exact) mass is 362 g/mol. The summed E-state index contributed by atoms with van der Waals surface area (Å²) in [6.07, 6.45) is 4.17. The summed E-state index contributed by atoms with van der Waals surface area (Å²) in [7, 11) is 0. The van der Waals surface area contributed by atoms with Crippen molar-refractivity contribution in [1.29, 1.82) is 0 Å². The maximum Gasteiger partial charge on any atom is 0.171 e. The number of rotatable bonds is 2. The van der Waals surface area contributed by atoms with Crippen molar-refractivity contribution in [2.75, 3.05) is 6.61 Å². The van der Waals surface area contributed by atoms with Gasteiger partial charge in [-0.1, -0.05) is 23.7 Å². The van der Waals surface area contributed by atoms with Gasteiger partial charge in [0.05, 0.1) is 11.4 Å². The van der Waals surface area contributed by atoms with Crippen molar-refractivity contribution in [3.63, 3.8) is 0 Å². The number of halogens is 1. The van der Waals surface area contributed by atoms with Gasteiger partial charge in [-0.15, -0.1) is 0 Å². The molecule has 1 atom stereocenters. The third-order valence-electron chi connectivity index (χ3n) is 4.67. The van der Waals surface area contributed by atoms with Gasteiger partial charge >= 0.3 is 0 Å². The number of aromatic nitrogens is 1. The van der Waals surface area contributed by atoms with Gasteiger partial charge in [0.15, 0.2) is 17.6 Å². The Morgan fingerprint density at radius 2 is 1.81 bits per heavy atom. The maximum absolute atomic E-state index is 6.09. The van der Waals surface area contributed by atoms with Crippen LogP contribution >= 0.6 is 11.6 Å². The van der Waals surface area contributed by atoms with Crippen LogP contribution in [0.4, 0.5) is 5.69 Å². The van der Waals surface area contributed by atoms with E-state index in [9.17, 15) is 0 Å². The highest BCUT2D eigenvalue weighted by molar-refractivity contribution is 6.30. The van der Waals surface area contributed by atoms with E-state index in [0.717, 1.165) is 34.7 Å². The highest BCUT2D eigenvalue weighted by Crippen LogP contribution is 2.37. The van der Waals surface area contributed by atoms with Gasteiger partial charge in [-0.05, 0) is 47.0 Å². The highest BCUT2D eigenvalue weighted by Gasteiger charge is 2.29. The van der Waals surface area contributed by atoms with Crippen molar-refractivity contribution in [3.8, 4) is 22.6 Å². The van der Waals surface area contributed by atoms with Gasteiger partial charge in [0.25, 0.3) is 0 Å². The Morgan fingerprint density at radius 1 is 0.923 bits per heavy atom. The van der Waals surface area contributed by atoms with E-state index in [-0.39, 0.29) is 6.10 Å². The zero-order valence-electron chi connectivity index (χ0n) is 13.9. The summed E-state index contributed by atoms with van der Waals surface area (Å²) >= 11 is 6.06. The molecule has 26 heavy (non-hydrogen) atoms. The fourth-order valence-electron chi connectivity index (χ4n) is 3.33. The highest BCUT2D eigenvalue weighted by atomic mass is 35.5. The van der Waals surface area contributed by atoms with Crippen LogP contribution in [-0.4, -0.2) is 23.4 Å². The van der Waals surface area contributed by atoms with E-state index in [1.165, 1.54) is 5.56 Å². The standard InChI is InChI=1S/C21H15ClN2O2/c22-16-3-4-19-20(11-16)26-21(12-25-19)18-10-15-2-1-14(9-17(15)24-18)13-5-7-23-8-6-13/h1-9,11,21H,10,12H2. The molecule has 3 heterocycles. The normalized spacial score (nSPS) is 17.6. The van der Waals surface area contributed by atoms with E-state index in [1.54, 1.807) is 24.5 Å². The van der Waals surface area contributed by atoms with Crippen LogP contribution < -0.4 is 9.47 Å². The molecule has 128 valence electrons. The molecule has 5 rings (SSSR count). The molecule has 0 aliphatic carbocycles. The van der Waals surface area contributed by atoms with Gasteiger partial charge in [0.2, 0.25) is 0 Å². The second-order valence-electron chi connectivity index (χ2n) is 6.37. The smallest absolute Gasteiger partial charge is 0.171 e. The molecule has 3 aromatic rings. The first-order valence-corrected chi connectivity index (χ1v) is 8.84. The first-order chi connectivity index (χ1) is 12.8. The molecule has 5 heteroatoms. The number of hydrogen-bond donors (Lipinski definition) is 0. The Hall–Kier alpha value is -2.85. The van der Waals surface area contributed by atoms with Crippen LogP contribution in [0.3, 0.4) is 0 Å². The SMILES string of the molecule is Clc1ccc2c(c1)OC(C1=Nc3cc(-c4ccncc4)ccc3C1)CO2. The Balaban J connectivity index is 1.42. The molecule has 0 radical (unpaired) electrons. The topological polar surface area (TPSA) is 43.7 Å². The molecule has 0 fully saturated rings. The second kappa shape index (κ2) is 6.15. The molecule has 2 aliphatic rings. The molecule has 0 amide bonds. The Bertz CT molecular complexity index is 1020. The number of ether oxygens (including phenoxy) is 2. The van der Waals surface area contributed by atoms with Crippen LogP contribution in [0.25, 0.3) is 11.1 Å². The summed E-state index contributed by atoms with van der Waals surface area (Å²) in [5, 5.41) is 0.631. The van der Waals surface area contributed by atoms with E-state index < -0.39 is 0 Å². The van der Waals surface area contributed by atoms with Crippen molar-refractivity contribution >= 4 is 23.0 Å². The lowest BCUT2D eigenvalue weighted by Crippen LogP contribution is -2.36. The van der Waals surface area contributed by atoms with Gasteiger partial charge in [-0.25, -0.2) is 0 Å².